The molecule has 0 aliphatic carbocycles. The van der Waals surface area contributed by atoms with Gasteiger partial charge in [0, 0.05) is 6.04 Å². The second-order valence-electron chi connectivity index (χ2n) is 4.62. The second kappa shape index (κ2) is 5.27. The number of hydrogen-bond acceptors (Lipinski definition) is 4. The van der Waals surface area contributed by atoms with Crippen LogP contribution in [0, 0.1) is 11.8 Å². The molecule has 1 rings (SSSR count). The lowest BCUT2D eigenvalue weighted by Gasteiger charge is -2.27. The predicted molar refractivity (Wildman–Crippen MR) is 61.9 cm³/mol. The van der Waals surface area contributed by atoms with Crippen molar-refractivity contribution in [2.24, 2.45) is 17.7 Å². The van der Waals surface area contributed by atoms with Gasteiger partial charge in [-0.3, -0.25) is 11.3 Å². The summed E-state index contributed by atoms with van der Waals surface area (Å²) < 4.78 is 22.7. The van der Waals surface area contributed by atoms with E-state index in [1.165, 1.54) is 0 Å². The molecule has 0 spiro atoms. The highest BCUT2D eigenvalue weighted by Gasteiger charge is 2.35. The van der Waals surface area contributed by atoms with Crippen LogP contribution >= 0.6 is 0 Å². The fraction of sp³-hybridized carbons (Fsp3) is 1.00. The third-order valence-electron chi connectivity index (χ3n) is 3.33. The first-order valence-corrected chi connectivity index (χ1v) is 7.49. The van der Waals surface area contributed by atoms with Crippen LogP contribution in [0.3, 0.4) is 0 Å². The van der Waals surface area contributed by atoms with Crippen LogP contribution in [0.25, 0.3) is 0 Å². The number of nitrogens with two attached hydrogens (primary N) is 1. The van der Waals surface area contributed by atoms with Crippen molar-refractivity contribution >= 4 is 9.84 Å². The van der Waals surface area contributed by atoms with Gasteiger partial charge in [0.25, 0.3) is 0 Å². The highest BCUT2D eigenvalue weighted by Crippen LogP contribution is 2.27. The van der Waals surface area contributed by atoms with Crippen LogP contribution in [0.1, 0.15) is 33.1 Å². The number of hydrogen-bond donors (Lipinski definition) is 2. The van der Waals surface area contributed by atoms with E-state index < -0.39 is 9.84 Å². The Morgan fingerprint density at radius 2 is 2.20 bits per heavy atom. The topological polar surface area (TPSA) is 72.2 Å². The summed E-state index contributed by atoms with van der Waals surface area (Å²) in [6, 6.07) is 0.141. The molecule has 0 bridgehead atoms. The van der Waals surface area contributed by atoms with Crippen molar-refractivity contribution in [2.45, 2.75) is 39.2 Å². The highest BCUT2D eigenvalue weighted by atomic mass is 32.2. The molecule has 90 valence electrons. The summed E-state index contributed by atoms with van der Waals surface area (Å²) in [6.07, 6.45) is 2.95. The van der Waals surface area contributed by atoms with Gasteiger partial charge in [-0.1, -0.05) is 20.3 Å². The lowest BCUT2D eigenvalue weighted by Crippen LogP contribution is -2.45. The quantitative estimate of drug-likeness (QED) is 0.542. The third kappa shape index (κ3) is 3.43. The van der Waals surface area contributed by atoms with Crippen molar-refractivity contribution in [1.82, 2.24) is 5.43 Å². The van der Waals surface area contributed by atoms with Gasteiger partial charge < -0.3 is 0 Å². The maximum atomic E-state index is 11.4. The van der Waals surface area contributed by atoms with Crippen LogP contribution in [-0.2, 0) is 9.84 Å². The zero-order chi connectivity index (χ0) is 11.5. The average molecular weight is 234 g/mol. The average Bonchev–Trinajstić information content (AvgIpc) is 2.48. The number of rotatable bonds is 5. The van der Waals surface area contributed by atoms with Gasteiger partial charge in [0.05, 0.1) is 11.5 Å². The first-order valence-electron chi connectivity index (χ1n) is 5.66. The zero-order valence-electron chi connectivity index (χ0n) is 9.57. The molecule has 1 aliphatic heterocycles. The minimum absolute atomic E-state index is 0.141. The molecule has 0 radical (unpaired) electrons. The normalized spacial score (nSPS) is 28.9. The fourth-order valence-electron chi connectivity index (χ4n) is 2.51. The maximum Gasteiger partial charge on any atom is 0.150 e. The number of nitrogens with one attached hydrogen (secondary N) is 1. The van der Waals surface area contributed by atoms with Crippen LogP contribution in [-0.4, -0.2) is 26.0 Å². The summed E-state index contributed by atoms with van der Waals surface area (Å²) in [5.41, 5.74) is 2.80. The zero-order valence-corrected chi connectivity index (χ0v) is 10.4. The van der Waals surface area contributed by atoms with Crippen LogP contribution in [0.2, 0.25) is 0 Å². The first-order chi connectivity index (χ1) is 7.00. The molecule has 3 N–H and O–H groups in total. The Morgan fingerprint density at radius 1 is 1.53 bits per heavy atom. The molecular weight excluding hydrogens is 212 g/mol. The van der Waals surface area contributed by atoms with Gasteiger partial charge in [-0.15, -0.1) is 0 Å². The van der Waals surface area contributed by atoms with Crippen molar-refractivity contribution in [1.29, 1.82) is 0 Å². The molecule has 0 amide bonds. The van der Waals surface area contributed by atoms with Crippen LogP contribution in [0.15, 0.2) is 0 Å². The number of sulfone groups is 1. The van der Waals surface area contributed by atoms with E-state index in [-0.39, 0.29) is 12.0 Å². The monoisotopic (exact) mass is 234 g/mol. The molecule has 3 atom stereocenters. The van der Waals surface area contributed by atoms with Crippen molar-refractivity contribution < 1.29 is 8.42 Å². The molecule has 1 fully saturated rings. The summed E-state index contributed by atoms with van der Waals surface area (Å²) in [4.78, 5) is 0. The van der Waals surface area contributed by atoms with Crippen molar-refractivity contribution in [2.75, 3.05) is 11.5 Å². The minimum Gasteiger partial charge on any atom is -0.271 e. The molecule has 0 aromatic carbocycles. The Kier molecular flexibility index (Phi) is 4.55. The van der Waals surface area contributed by atoms with E-state index in [1.54, 1.807) is 0 Å². The van der Waals surface area contributed by atoms with Gasteiger partial charge >= 0.3 is 0 Å². The van der Waals surface area contributed by atoms with E-state index in [1.807, 2.05) is 0 Å². The molecule has 1 aliphatic rings. The summed E-state index contributed by atoms with van der Waals surface area (Å²) in [5.74, 6) is 6.80. The van der Waals surface area contributed by atoms with Crippen molar-refractivity contribution in [3.8, 4) is 0 Å². The highest BCUT2D eigenvalue weighted by molar-refractivity contribution is 7.91. The van der Waals surface area contributed by atoms with E-state index in [9.17, 15) is 8.42 Å². The van der Waals surface area contributed by atoms with E-state index in [4.69, 9.17) is 5.84 Å². The van der Waals surface area contributed by atoms with Crippen LogP contribution < -0.4 is 11.3 Å². The Labute approximate surface area is 92.5 Å². The third-order valence-corrected chi connectivity index (χ3v) is 5.12. The molecular formula is C10H22N2O2S. The molecule has 15 heavy (non-hydrogen) atoms. The van der Waals surface area contributed by atoms with Crippen molar-refractivity contribution in [3.05, 3.63) is 0 Å². The summed E-state index contributed by atoms with van der Waals surface area (Å²) in [7, 11) is -2.79. The largest absolute Gasteiger partial charge is 0.271 e. The molecule has 1 saturated heterocycles. The number of hydrazine groups is 1. The van der Waals surface area contributed by atoms with Gasteiger partial charge in [-0.25, -0.2) is 8.42 Å². The molecule has 5 heteroatoms. The Morgan fingerprint density at radius 3 is 2.60 bits per heavy atom. The SMILES string of the molecule is CCCC(C)C(NN)C1CCS(=O)(=O)C1. The Balaban J connectivity index is 2.60. The lowest BCUT2D eigenvalue weighted by molar-refractivity contribution is 0.277. The second-order valence-corrected chi connectivity index (χ2v) is 6.85. The van der Waals surface area contributed by atoms with Gasteiger partial charge in [0.1, 0.15) is 0 Å². The summed E-state index contributed by atoms with van der Waals surface area (Å²) in [5, 5.41) is 0. The van der Waals surface area contributed by atoms with Crippen LogP contribution in [0.4, 0.5) is 0 Å². The minimum atomic E-state index is -2.79. The van der Waals surface area contributed by atoms with Gasteiger partial charge in [-0.2, -0.15) is 0 Å². The van der Waals surface area contributed by atoms with Gasteiger partial charge in [-0.05, 0) is 24.7 Å². The fourth-order valence-corrected chi connectivity index (χ4v) is 4.36. The van der Waals surface area contributed by atoms with Gasteiger partial charge in [0.15, 0.2) is 9.84 Å². The van der Waals surface area contributed by atoms with E-state index in [0.717, 1.165) is 19.3 Å². The van der Waals surface area contributed by atoms with Crippen molar-refractivity contribution in [3.63, 3.8) is 0 Å². The lowest BCUT2D eigenvalue weighted by atomic mass is 9.87. The Bertz CT molecular complexity index is 290. The van der Waals surface area contributed by atoms with Crippen LogP contribution in [0.5, 0.6) is 0 Å². The molecule has 0 saturated carbocycles. The smallest absolute Gasteiger partial charge is 0.150 e. The molecule has 3 unspecified atom stereocenters. The van der Waals surface area contributed by atoms with Gasteiger partial charge in [0.2, 0.25) is 0 Å². The van der Waals surface area contributed by atoms with E-state index in [0.29, 0.717) is 17.4 Å². The summed E-state index contributed by atoms with van der Waals surface area (Å²) >= 11 is 0. The molecule has 0 aromatic heterocycles. The molecule has 1 heterocycles. The predicted octanol–water partition coefficient (Wildman–Crippen LogP) is 0.689. The maximum absolute atomic E-state index is 11.4. The Hall–Kier alpha value is -0.130. The summed E-state index contributed by atoms with van der Waals surface area (Å²) in [6.45, 7) is 4.27. The van der Waals surface area contributed by atoms with E-state index >= 15 is 0 Å². The standard InChI is InChI=1S/C10H22N2O2S/c1-3-4-8(2)10(12-11)9-5-6-15(13,14)7-9/h8-10,12H,3-7,11H2,1-2H3. The van der Waals surface area contributed by atoms with E-state index in [2.05, 4.69) is 19.3 Å². The molecule has 4 nitrogen and oxygen atoms in total. The first kappa shape index (κ1) is 12.9. The molecule has 0 aromatic rings.